The van der Waals surface area contributed by atoms with E-state index in [-0.39, 0.29) is 6.04 Å². The molecule has 3 nitrogen and oxygen atoms in total. The van der Waals surface area contributed by atoms with Gasteiger partial charge in [-0.25, -0.2) is 0 Å². The summed E-state index contributed by atoms with van der Waals surface area (Å²) in [5, 5.41) is 3.37. The van der Waals surface area contributed by atoms with Gasteiger partial charge in [0.15, 0.2) is 0 Å². The van der Waals surface area contributed by atoms with Crippen LogP contribution in [0.3, 0.4) is 0 Å². The molecule has 0 saturated heterocycles. The first kappa shape index (κ1) is 15.4. The van der Waals surface area contributed by atoms with Crippen molar-refractivity contribution in [1.29, 1.82) is 0 Å². The second kappa shape index (κ2) is 7.70. The van der Waals surface area contributed by atoms with Crippen molar-refractivity contribution in [2.24, 2.45) is 0 Å². The molecular formula is C18H23NO2. The molecule has 0 amide bonds. The van der Waals surface area contributed by atoms with E-state index in [1.807, 2.05) is 51.2 Å². The fraction of sp³-hybridized carbons (Fsp3) is 0.333. The number of ether oxygens (including phenoxy) is 2. The molecule has 2 rings (SSSR count). The van der Waals surface area contributed by atoms with Gasteiger partial charge in [0, 0.05) is 5.56 Å². The Balaban J connectivity index is 2.37. The maximum atomic E-state index is 5.75. The number of hydrogen-bond donors (Lipinski definition) is 1. The van der Waals surface area contributed by atoms with Crippen molar-refractivity contribution in [3.05, 3.63) is 59.7 Å². The lowest BCUT2D eigenvalue weighted by molar-refractivity contribution is 0.333. The number of nitrogens with one attached hydrogen (secondary N) is 1. The average molecular weight is 285 g/mol. The molecule has 0 aliphatic heterocycles. The van der Waals surface area contributed by atoms with E-state index >= 15 is 0 Å². The van der Waals surface area contributed by atoms with Gasteiger partial charge in [-0.3, -0.25) is 0 Å². The minimum atomic E-state index is 0.0770. The predicted octanol–water partition coefficient (Wildman–Crippen LogP) is 3.79. The fourth-order valence-electron chi connectivity index (χ4n) is 2.46. The van der Waals surface area contributed by atoms with Crippen LogP contribution in [0.5, 0.6) is 11.5 Å². The maximum absolute atomic E-state index is 5.75. The molecule has 0 bridgehead atoms. The fourth-order valence-corrected chi connectivity index (χ4v) is 2.46. The summed E-state index contributed by atoms with van der Waals surface area (Å²) in [6.45, 7) is 5.32. The molecule has 2 aromatic carbocycles. The molecule has 0 radical (unpaired) electrons. The summed E-state index contributed by atoms with van der Waals surface area (Å²) in [6.07, 6.45) is 0. The normalized spacial score (nSPS) is 12.0. The van der Waals surface area contributed by atoms with Crippen LogP contribution in [-0.4, -0.2) is 20.3 Å². The van der Waals surface area contributed by atoms with Gasteiger partial charge in [0.25, 0.3) is 0 Å². The zero-order valence-electron chi connectivity index (χ0n) is 12.9. The summed E-state index contributed by atoms with van der Waals surface area (Å²) in [5.41, 5.74) is 2.30. The van der Waals surface area contributed by atoms with E-state index in [4.69, 9.17) is 9.47 Å². The second-order valence-corrected chi connectivity index (χ2v) is 4.70. The van der Waals surface area contributed by atoms with Crippen LogP contribution in [-0.2, 0) is 0 Å². The Morgan fingerprint density at radius 2 is 1.71 bits per heavy atom. The smallest absolute Gasteiger partial charge is 0.124 e. The van der Waals surface area contributed by atoms with E-state index in [9.17, 15) is 0 Å². The lowest BCUT2D eigenvalue weighted by atomic mass is 9.98. The quantitative estimate of drug-likeness (QED) is 0.839. The highest BCUT2D eigenvalue weighted by atomic mass is 16.5. The summed E-state index contributed by atoms with van der Waals surface area (Å²) in [7, 11) is 1.96. The molecule has 0 saturated carbocycles. The van der Waals surface area contributed by atoms with E-state index in [1.165, 1.54) is 0 Å². The van der Waals surface area contributed by atoms with Crippen LogP contribution in [0.4, 0.5) is 0 Å². The molecule has 1 unspecified atom stereocenters. The van der Waals surface area contributed by atoms with Crippen molar-refractivity contribution in [2.75, 3.05) is 20.3 Å². The minimum absolute atomic E-state index is 0.0770. The molecule has 0 fully saturated rings. The topological polar surface area (TPSA) is 30.5 Å². The van der Waals surface area contributed by atoms with E-state index in [1.54, 1.807) is 0 Å². The Morgan fingerprint density at radius 1 is 0.952 bits per heavy atom. The Morgan fingerprint density at radius 3 is 2.43 bits per heavy atom. The number of para-hydroxylation sites is 1. The molecule has 3 heteroatoms. The van der Waals surface area contributed by atoms with Gasteiger partial charge in [-0.2, -0.15) is 0 Å². The Kier molecular flexibility index (Phi) is 5.64. The van der Waals surface area contributed by atoms with E-state index in [0.29, 0.717) is 13.2 Å². The summed E-state index contributed by atoms with van der Waals surface area (Å²) in [4.78, 5) is 0. The maximum Gasteiger partial charge on any atom is 0.124 e. The Hall–Kier alpha value is -2.00. The summed E-state index contributed by atoms with van der Waals surface area (Å²) < 4.78 is 11.3. The van der Waals surface area contributed by atoms with Crippen molar-refractivity contribution >= 4 is 0 Å². The molecule has 1 atom stereocenters. The lowest BCUT2D eigenvalue weighted by Gasteiger charge is -2.21. The first-order valence-corrected chi connectivity index (χ1v) is 7.41. The van der Waals surface area contributed by atoms with Gasteiger partial charge in [0.2, 0.25) is 0 Å². The van der Waals surface area contributed by atoms with Gasteiger partial charge in [0.05, 0.1) is 19.3 Å². The molecule has 1 N–H and O–H groups in total. The Labute approximate surface area is 126 Å². The van der Waals surface area contributed by atoms with E-state index in [0.717, 1.165) is 22.6 Å². The highest BCUT2D eigenvalue weighted by molar-refractivity contribution is 5.43. The van der Waals surface area contributed by atoms with Gasteiger partial charge < -0.3 is 14.8 Å². The van der Waals surface area contributed by atoms with Crippen LogP contribution in [0.25, 0.3) is 0 Å². The van der Waals surface area contributed by atoms with Gasteiger partial charge in [-0.05, 0) is 44.7 Å². The number of hydrogen-bond acceptors (Lipinski definition) is 3. The molecular weight excluding hydrogens is 262 g/mol. The van der Waals surface area contributed by atoms with Gasteiger partial charge in [-0.15, -0.1) is 0 Å². The zero-order valence-corrected chi connectivity index (χ0v) is 12.9. The molecule has 0 aliphatic carbocycles. The molecule has 0 aliphatic rings. The van der Waals surface area contributed by atoms with E-state index < -0.39 is 0 Å². The van der Waals surface area contributed by atoms with Crippen LogP contribution in [0.1, 0.15) is 31.0 Å². The predicted molar refractivity (Wildman–Crippen MR) is 86.1 cm³/mol. The molecule has 0 aromatic heterocycles. The van der Waals surface area contributed by atoms with Crippen LogP contribution in [0.2, 0.25) is 0 Å². The monoisotopic (exact) mass is 285 g/mol. The van der Waals surface area contributed by atoms with Crippen LogP contribution in [0, 0.1) is 0 Å². The molecule has 2 aromatic rings. The first-order valence-electron chi connectivity index (χ1n) is 7.41. The molecule has 0 spiro atoms. The SMILES string of the molecule is CCOc1cccc(C(NC)c2ccccc2OCC)c1. The number of rotatable bonds is 7. The third-order valence-electron chi connectivity index (χ3n) is 3.32. The molecule has 0 heterocycles. The highest BCUT2D eigenvalue weighted by Crippen LogP contribution is 2.31. The highest BCUT2D eigenvalue weighted by Gasteiger charge is 2.16. The van der Waals surface area contributed by atoms with Gasteiger partial charge in [0.1, 0.15) is 11.5 Å². The summed E-state index contributed by atoms with van der Waals surface area (Å²) in [5.74, 6) is 1.81. The minimum Gasteiger partial charge on any atom is -0.494 e. The lowest BCUT2D eigenvalue weighted by Crippen LogP contribution is -2.18. The second-order valence-electron chi connectivity index (χ2n) is 4.70. The van der Waals surface area contributed by atoms with Crippen LogP contribution >= 0.6 is 0 Å². The largest absolute Gasteiger partial charge is 0.494 e. The molecule has 112 valence electrons. The number of benzene rings is 2. The standard InChI is InChI=1S/C18H23NO2/c1-4-20-15-10-8-9-14(13-15)18(19-3)16-11-6-7-12-17(16)21-5-2/h6-13,18-19H,4-5H2,1-3H3. The summed E-state index contributed by atoms with van der Waals surface area (Å²) in [6, 6.07) is 16.4. The van der Waals surface area contributed by atoms with Crippen LogP contribution in [0.15, 0.2) is 48.5 Å². The third-order valence-corrected chi connectivity index (χ3v) is 3.32. The summed E-state index contributed by atoms with van der Waals surface area (Å²) >= 11 is 0. The first-order chi connectivity index (χ1) is 10.3. The average Bonchev–Trinajstić information content (AvgIpc) is 2.51. The van der Waals surface area contributed by atoms with Crippen molar-refractivity contribution in [3.63, 3.8) is 0 Å². The van der Waals surface area contributed by atoms with E-state index in [2.05, 4.69) is 23.5 Å². The van der Waals surface area contributed by atoms with Gasteiger partial charge >= 0.3 is 0 Å². The van der Waals surface area contributed by atoms with Crippen molar-refractivity contribution in [2.45, 2.75) is 19.9 Å². The van der Waals surface area contributed by atoms with Crippen molar-refractivity contribution in [3.8, 4) is 11.5 Å². The third kappa shape index (κ3) is 3.76. The van der Waals surface area contributed by atoms with Gasteiger partial charge in [-0.1, -0.05) is 30.3 Å². The Bertz CT molecular complexity index is 569. The van der Waals surface area contributed by atoms with Crippen molar-refractivity contribution < 1.29 is 9.47 Å². The zero-order chi connectivity index (χ0) is 15.1. The molecule has 21 heavy (non-hydrogen) atoms. The van der Waals surface area contributed by atoms with Crippen LogP contribution < -0.4 is 14.8 Å². The van der Waals surface area contributed by atoms with Crippen molar-refractivity contribution in [1.82, 2.24) is 5.32 Å².